The van der Waals surface area contributed by atoms with Gasteiger partial charge in [-0.1, -0.05) is 24.3 Å². The molecule has 0 saturated heterocycles. The van der Waals surface area contributed by atoms with Gasteiger partial charge in [0.05, 0.1) is 4.90 Å². The lowest BCUT2D eigenvalue weighted by atomic mass is 10.1. The van der Waals surface area contributed by atoms with Crippen molar-refractivity contribution in [2.24, 2.45) is 0 Å². The molecule has 1 unspecified atom stereocenters. The van der Waals surface area contributed by atoms with Gasteiger partial charge >= 0.3 is 0 Å². The minimum absolute atomic E-state index is 0.105. The van der Waals surface area contributed by atoms with Gasteiger partial charge in [0.25, 0.3) is 10.1 Å². The largest absolute Gasteiger partial charge is 0.302 e. The van der Waals surface area contributed by atoms with Crippen LogP contribution in [-0.4, -0.2) is 21.7 Å². The summed E-state index contributed by atoms with van der Waals surface area (Å²) in [7, 11) is -4.35. The molecule has 1 atom stereocenters. The molecule has 0 saturated carbocycles. The molecule has 0 aliphatic heterocycles. The van der Waals surface area contributed by atoms with Crippen molar-refractivity contribution in [1.82, 2.24) is 0 Å². The first kappa shape index (κ1) is 12.2. The van der Waals surface area contributed by atoms with E-state index in [9.17, 15) is 12.6 Å². The van der Waals surface area contributed by atoms with Gasteiger partial charge in [0.2, 0.25) is 0 Å². The molecule has 0 bridgehead atoms. The topological polar surface area (TPSA) is 91.7 Å². The highest BCUT2D eigenvalue weighted by Gasteiger charge is 2.15. The van der Waals surface area contributed by atoms with Gasteiger partial charge in [0.1, 0.15) is 4.90 Å². The van der Waals surface area contributed by atoms with Crippen molar-refractivity contribution in [2.45, 2.75) is 9.79 Å². The molecule has 0 aliphatic carbocycles. The highest BCUT2D eigenvalue weighted by atomic mass is 32.2. The maximum Gasteiger partial charge on any atom is 0.295 e. The Bertz CT molecular complexity index is 706. The molecule has 0 amide bonds. The lowest BCUT2D eigenvalue weighted by Crippen LogP contribution is -2.00. The molecule has 90 valence electrons. The fraction of sp³-hybridized carbons (Fsp3) is 0. The number of hydrogen-bond acceptors (Lipinski definition) is 3. The molecule has 17 heavy (non-hydrogen) atoms. The number of benzene rings is 2. The predicted molar refractivity (Wildman–Crippen MR) is 62.8 cm³/mol. The fourth-order valence-corrected chi connectivity index (χ4v) is 2.90. The van der Waals surface area contributed by atoms with Crippen LogP contribution in [0.5, 0.6) is 0 Å². The SMILES string of the molecule is O=S(O)c1cccc2c(S(=O)(=O)O)cccc12. The first-order valence-electron chi connectivity index (χ1n) is 4.51. The Labute approximate surface area is 100 Å². The number of rotatable bonds is 2. The zero-order valence-corrected chi connectivity index (χ0v) is 10.0. The molecule has 0 aliphatic rings. The standard InChI is InChI=1S/C10H8O5S2/c11-16(12)9-5-1-4-8-7(9)3-2-6-10(8)17(13,14)15/h1-6H,(H,11,12)(H,13,14,15). The van der Waals surface area contributed by atoms with E-state index in [1.165, 1.54) is 36.4 Å². The minimum atomic E-state index is -4.35. The van der Waals surface area contributed by atoms with E-state index in [0.717, 1.165) is 0 Å². The molecule has 0 fully saturated rings. The molecule has 2 aromatic carbocycles. The summed E-state index contributed by atoms with van der Waals surface area (Å²) in [5, 5.41) is 0.540. The maximum atomic E-state index is 11.1. The Kier molecular flexibility index (Phi) is 3.00. The molecular weight excluding hydrogens is 264 g/mol. The summed E-state index contributed by atoms with van der Waals surface area (Å²) < 4.78 is 51.5. The summed E-state index contributed by atoms with van der Waals surface area (Å²) in [6.07, 6.45) is 0. The molecule has 2 N–H and O–H groups in total. The quantitative estimate of drug-likeness (QED) is 0.641. The Morgan fingerprint density at radius 2 is 1.59 bits per heavy atom. The van der Waals surface area contributed by atoms with Gasteiger partial charge in [-0.25, -0.2) is 4.21 Å². The lowest BCUT2D eigenvalue weighted by molar-refractivity contribution is 0.484. The summed E-state index contributed by atoms with van der Waals surface area (Å²) in [6, 6.07) is 8.51. The van der Waals surface area contributed by atoms with Crippen LogP contribution in [0.15, 0.2) is 46.2 Å². The van der Waals surface area contributed by atoms with Gasteiger partial charge in [-0.15, -0.1) is 0 Å². The number of hydrogen-bond donors (Lipinski definition) is 2. The second kappa shape index (κ2) is 4.19. The van der Waals surface area contributed by atoms with Gasteiger partial charge in [0, 0.05) is 10.8 Å². The third-order valence-electron chi connectivity index (χ3n) is 2.31. The molecule has 2 aromatic rings. The van der Waals surface area contributed by atoms with E-state index in [2.05, 4.69) is 0 Å². The molecule has 5 nitrogen and oxygen atoms in total. The second-order valence-corrected chi connectivity index (χ2v) is 5.66. The maximum absolute atomic E-state index is 11.1. The van der Waals surface area contributed by atoms with Crippen molar-refractivity contribution in [3.05, 3.63) is 36.4 Å². The van der Waals surface area contributed by atoms with Gasteiger partial charge in [-0.2, -0.15) is 8.42 Å². The van der Waals surface area contributed by atoms with Gasteiger partial charge in [-0.05, 0) is 12.1 Å². The second-order valence-electron chi connectivity index (χ2n) is 3.33. The van der Waals surface area contributed by atoms with Crippen molar-refractivity contribution >= 4 is 32.0 Å². The Hall–Kier alpha value is -1.28. The Morgan fingerprint density at radius 3 is 2.18 bits per heavy atom. The van der Waals surface area contributed by atoms with Crippen molar-refractivity contribution in [3.63, 3.8) is 0 Å². The fourth-order valence-electron chi connectivity index (χ4n) is 1.63. The van der Waals surface area contributed by atoms with Crippen molar-refractivity contribution < 1.29 is 21.7 Å². The summed E-state index contributed by atoms with van der Waals surface area (Å²) in [5.74, 6) is 0. The molecule has 0 spiro atoms. The van der Waals surface area contributed by atoms with E-state index in [-0.39, 0.29) is 15.2 Å². The first-order chi connectivity index (χ1) is 7.91. The molecule has 0 radical (unpaired) electrons. The van der Waals surface area contributed by atoms with Crippen LogP contribution in [0.25, 0.3) is 10.8 Å². The van der Waals surface area contributed by atoms with E-state index in [1.807, 2.05) is 0 Å². The highest BCUT2D eigenvalue weighted by molar-refractivity contribution is 7.86. The lowest BCUT2D eigenvalue weighted by Gasteiger charge is -2.06. The van der Waals surface area contributed by atoms with Crippen LogP contribution in [0.3, 0.4) is 0 Å². The van der Waals surface area contributed by atoms with Crippen LogP contribution in [0.1, 0.15) is 0 Å². The van der Waals surface area contributed by atoms with Crippen molar-refractivity contribution in [2.75, 3.05) is 0 Å². The predicted octanol–water partition coefficient (Wildman–Crippen LogP) is 1.67. The monoisotopic (exact) mass is 272 g/mol. The Morgan fingerprint density at radius 1 is 1.00 bits per heavy atom. The molecular formula is C10H8O5S2. The van der Waals surface area contributed by atoms with Gasteiger partial charge in [-0.3, -0.25) is 4.55 Å². The zero-order valence-electron chi connectivity index (χ0n) is 8.40. The smallest absolute Gasteiger partial charge is 0.295 e. The minimum Gasteiger partial charge on any atom is -0.302 e. The normalized spacial score (nSPS) is 13.8. The van der Waals surface area contributed by atoms with Crippen LogP contribution in [0.2, 0.25) is 0 Å². The first-order valence-corrected chi connectivity index (χ1v) is 7.06. The van der Waals surface area contributed by atoms with Crippen molar-refractivity contribution in [1.29, 1.82) is 0 Å². The summed E-state index contributed by atoms with van der Waals surface area (Å²) in [5.41, 5.74) is 0. The van der Waals surface area contributed by atoms with Crippen LogP contribution < -0.4 is 0 Å². The van der Waals surface area contributed by atoms with Crippen LogP contribution in [-0.2, 0) is 21.2 Å². The van der Waals surface area contributed by atoms with E-state index < -0.39 is 21.2 Å². The van der Waals surface area contributed by atoms with Crippen molar-refractivity contribution in [3.8, 4) is 0 Å². The van der Waals surface area contributed by atoms with Crippen LogP contribution >= 0.6 is 0 Å². The molecule has 2 rings (SSSR count). The summed E-state index contributed by atoms with van der Waals surface area (Å²) in [6.45, 7) is 0. The molecule has 0 heterocycles. The molecule has 7 heteroatoms. The Balaban J connectivity index is 2.94. The van der Waals surface area contributed by atoms with E-state index in [1.54, 1.807) is 0 Å². The van der Waals surface area contributed by atoms with Crippen LogP contribution in [0.4, 0.5) is 0 Å². The molecule has 0 aromatic heterocycles. The highest BCUT2D eigenvalue weighted by Crippen LogP contribution is 2.26. The zero-order chi connectivity index (χ0) is 12.6. The third-order valence-corrected chi connectivity index (χ3v) is 3.95. The summed E-state index contributed by atoms with van der Waals surface area (Å²) in [4.78, 5) is -0.171. The van der Waals surface area contributed by atoms with E-state index >= 15 is 0 Å². The van der Waals surface area contributed by atoms with E-state index in [4.69, 9.17) is 9.11 Å². The van der Waals surface area contributed by atoms with Gasteiger partial charge < -0.3 is 4.55 Å². The van der Waals surface area contributed by atoms with Gasteiger partial charge in [0.15, 0.2) is 11.1 Å². The average molecular weight is 272 g/mol. The summed E-state index contributed by atoms with van der Waals surface area (Å²) >= 11 is -2.22. The number of fused-ring (bicyclic) bond motifs is 1. The van der Waals surface area contributed by atoms with E-state index in [0.29, 0.717) is 5.39 Å². The third kappa shape index (κ3) is 2.22. The average Bonchev–Trinajstić information content (AvgIpc) is 2.26. The van der Waals surface area contributed by atoms with Crippen LogP contribution in [0, 0.1) is 0 Å².